The first-order chi connectivity index (χ1) is 7.43. The molecule has 0 aliphatic carbocycles. The van der Waals surface area contributed by atoms with Crippen LogP contribution in [0.15, 0.2) is 0 Å². The standard InChI is InChI=1S/C12H24N2O2/c1-12(2,3)11(15)16-14-7-5-6-10(9-14)8-13-4/h10,13H,5-9H2,1-4H3. The Bertz CT molecular complexity index is 234. The minimum atomic E-state index is -0.421. The number of nitrogens with one attached hydrogen (secondary N) is 1. The van der Waals surface area contributed by atoms with Crippen molar-refractivity contribution in [3.63, 3.8) is 0 Å². The van der Waals surface area contributed by atoms with Gasteiger partial charge in [0.05, 0.1) is 5.41 Å². The molecule has 16 heavy (non-hydrogen) atoms. The van der Waals surface area contributed by atoms with E-state index < -0.39 is 5.41 Å². The number of piperidine rings is 1. The van der Waals surface area contributed by atoms with Crippen molar-refractivity contribution in [1.29, 1.82) is 0 Å². The lowest BCUT2D eigenvalue weighted by Gasteiger charge is -2.32. The van der Waals surface area contributed by atoms with Crippen LogP contribution in [-0.2, 0) is 9.63 Å². The topological polar surface area (TPSA) is 41.6 Å². The Balaban J connectivity index is 2.40. The molecule has 1 unspecified atom stereocenters. The van der Waals surface area contributed by atoms with E-state index in [-0.39, 0.29) is 5.97 Å². The Kier molecular flexibility index (Phi) is 4.74. The van der Waals surface area contributed by atoms with Crippen LogP contribution >= 0.6 is 0 Å². The quantitative estimate of drug-likeness (QED) is 0.793. The molecule has 1 fully saturated rings. The summed E-state index contributed by atoms with van der Waals surface area (Å²) < 4.78 is 0. The maximum atomic E-state index is 11.7. The Morgan fingerprint density at radius 2 is 2.19 bits per heavy atom. The molecular formula is C12H24N2O2. The van der Waals surface area contributed by atoms with Crippen LogP contribution in [0, 0.1) is 11.3 Å². The van der Waals surface area contributed by atoms with Gasteiger partial charge in [0.1, 0.15) is 0 Å². The molecule has 1 atom stereocenters. The highest BCUT2D eigenvalue weighted by Crippen LogP contribution is 2.20. The molecule has 1 aliphatic heterocycles. The number of carbonyl (C=O) groups excluding carboxylic acids is 1. The molecule has 1 heterocycles. The molecule has 0 aromatic carbocycles. The molecule has 1 N–H and O–H groups in total. The molecule has 1 saturated heterocycles. The smallest absolute Gasteiger partial charge is 0.330 e. The summed E-state index contributed by atoms with van der Waals surface area (Å²) in [5.41, 5.74) is -0.421. The van der Waals surface area contributed by atoms with Gasteiger partial charge < -0.3 is 10.2 Å². The summed E-state index contributed by atoms with van der Waals surface area (Å²) in [5.74, 6) is 0.448. The zero-order valence-electron chi connectivity index (χ0n) is 10.9. The highest BCUT2D eigenvalue weighted by molar-refractivity contribution is 5.75. The van der Waals surface area contributed by atoms with E-state index in [0.29, 0.717) is 5.92 Å². The summed E-state index contributed by atoms with van der Waals surface area (Å²) in [6, 6.07) is 0. The summed E-state index contributed by atoms with van der Waals surface area (Å²) in [7, 11) is 1.96. The van der Waals surface area contributed by atoms with Gasteiger partial charge in [0, 0.05) is 13.1 Å². The fraction of sp³-hybridized carbons (Fsp3) is 0.917. The molecule has 4 heteroatoms. The molecule has 0 spiro atoms. The van der Waals surface area contributed by atoms with Crippen LogP contribution in [0.2, 0.25) is 0 Å². The molecule has 0 aromatic rings. The summed E-state index contributed by atoms with van der Waals surface area (Å²) >= 11 is 0. The first kappa shape index (κ1) is 13.5. The van der Waals surface area contributed by atoms with E-state index in [4.69, 9.17) is 4.84 Å². The van der Waals surface area contributed by atoms with Gasteiger partial charge in [-0.1, -0.05) is 0 Å². The first-order valence-electron chi connectivity index (χ1n) is 6.05. The Hall–Kier alpha value is -0.610. The number of nitrogens with zero attached hydrogens (tertiary/aromatic N) is 1. The maximum Gasteiger partial charge on any atom is 0.330 e. The fourth-order valence-electron chi connectivity index (χ4n) is 1.82. The van der Waals surface area contributed by atoms with E-state index in [1.54, 1.807) is 0 Å². The lowest BCUT2D eigenvalue weighted by Crippen LogP contribution is -2.42. The van der Waals surface area contributed by atoms with Crippen LogP contribution in [0.25, 0.3) is 0 Å². The zero-order valence-corrected chi connectivity index (χ0v) is 10.9. The number of carbonyl (C=O) groups is 1. The predicted molar refractivity (Wildman–Crippen MR) is 63.8 cm³/mol. The van der Waals surface area contributed by atoms with E-state index in [1.807, 2.05) is 32.9 Å². The number of hydrogen-bond donors (Lipinski definition) is 1. The van der Waals surface area contributed by atoms with Gasteiger partial charge >= 0.3 is 5.97 Å². The van der Waals surface area contributed by atoms with Crippen molar-refractivity contribution < 1.29 is 9.63 Å². The number of hydroxylamine groups is 2. The van der Waals surface area contributed by atoms with Gasteiger partial charge in [0.25, 0.3) is 0 Å². The molecule has 1 rings (SSSR count). The third kappa shape index (κ3) is 4.10. The Morgan fingerprint density at radius 3 is 2.75 bits per heavy atom. The van der Waals surface area contributed by atoms with Crippen LogP contribution in [-0.4, -0.2) is 37.7 Å². The van der Waals surface area contributed by atoms with Crippen molar-refractivity contribution in [2.24, 2.45) is 11.3 Å². The first-order valence-corrected chi connectivity index (χ1v) is 6.05. The van der Waals surface area contributed by atoms with Crippen LogP contribution in [0.3, 0.4) is 0 Å². The summed E-state index contributed by atoms with van der Waals surface area (Å²) in [6.45, 7) is 8.34. The highest BCUT2D eigenvalue weighted by Gasteiger charge is 2.28. The maximum absolute atomic E-state index is 11.7. The zero-order chi connectivity index (χ0) is 12.2. The fourth-order valence-corrected chi connectivity index (χ4v) is 1.82. The van der Waals surface area contributed by atoms with Crippen LogP contribution in [0.4, 0.5) is 0 Å². The lowest BCUT2D eigenvalue weighted by atomic mass is 9.97. The van der Waals surface area contributed by atoms with Crippen LogP contribution in [0.1, 0.15) is 33.6 Å². The van der Waals surface area contributed by atoms with Gasteiger partial charge in [0.15, 0.2) is 0 Å². The van der Waals surface area contributed by atoms with Crippen molar-refractivity contribution in [1.82, 2.24) is 10.4 Å². The van der Waals surface area contributed by atoms with Gasteiger partial charge in [0.2, 0.25) is 0 Å². The van der Waals surface area contributed by atoms with Gasteiger partial charge in [-0.05, 0) is 53.1 Å². The second-order valence-electron chi connectivity index (χ2n) is 5.58. The van der Waals surface area contributed by atoms with E-state index >= 15 is 0 Å². The normalized spacial score (nSPS) is 23.1. The Morgan fingerprint density at radius 1 is 1.50 bits per heavy atom. The number of hydrogen-bond acceptors (Lipinski definition) is 4. The molecule has 0 saturated carbocycles. The molecule has 0 bridgehead atoms. The van der Waals surface area contributed by atoms with Gasteiger partial charge in [-0.25, -0.2) is 4.79 Å². The third-order valence-electron chi connectivity index (χ3n) is 2.80. The van der Waals surface area contributed by atoms with Gasteiger partial charge in [-0.15, -0.1) is 5.06 Å². The van der Waals surface area contributed by atoms with E-state index in [0.717, 1.165) is 26.1 Å². The van der Waals surface area contributed by atoms with Gasteiger partial charge in [-0.2, -0.15) is 0 Å². The molecule has 0 aromatic heterocycles. The molecule has 94 valence electrons. The second kappa shape index (κ2) is 5.64. The van der Waals surface area contributed by atoms with Crippen LogP contribution in [0.5, 0.6) is 0 Å². The summed E-state index contributed by atoms with van der Waals surface area (Å²) in [4.78, 5) is 17.1. The van der Waals surface area contributed by atoms with Gasteiger partial charge in [-0.3, -0.25) is 0 Å². The van der Waals surface area contributed by atoms with Crippen LogP contribution < -0.4 is 5.32 Å². The molecule has 0 radical (unpaired) electrons. The molecule has 0 amide bonds. The average Bonchev–Trinajstić information content (AvgIpc) is 2.17. The molecular weight excluding hydrogens is 204 g/mol. The highest BCUT2D eigenvalue weighted by atomic mass is 16.7. The lowest BCUT2D eigenvalue weighted by molar-refractivity contribution is -0.207. The van der Waals surface area contributed by atoms with Crippen molar-refractivity contribution in [2.75, 3.05) is 26.7 Å². The number of rotatable bonds is 3. The van der Waals surface area contributed by atoms with Crippen molar-refractivity contribution in [3.05, 3.63) is 0 Å². The van der Waals surface area contributed by atoms with E-state index in [2.05, 4.69) is 5.32 Å². The van der Waals surface area contributed by atoms with E-state index in [1.165, 1.54) is 6.42 Å². The summed E-state index contributed by atoms with van der Waals surface area (Å²) in [5, 5.41) is 4.99. The largest absolute Gasteiger partial charge is 0.367 e. The van der Waals surface area contributed by atoms with E-state index in [9.17, 15) is 4.79 Å². The summed E-state index contributed by atoms with van der Waals surface area (Å²) in [6.07, 6.45) is 2.31. The predicted octanol–water partition coefficient (Wildman–Crippen LogP) is 1.42. The van der Waals surface area contributed by atoms with Crippen molar-refractivity contribution in [3.8, 4) is 0 Å². The third-order valence-corrected chi connectivity index (χ3v) is 2.80. The average molecular weight is 228 g/mol. The molecule has 4 nitrogen and oxygen atoms in total. The van der Waals surface area contributed by atoms with Crippen molar-refractivity contribution >= 4 is 5.97 Å². The minimum Gasteiger partial charge on any atom is -0.367 e. The second-order valence-corrected chi connectivity index (χ2v) is 5.58. The molecule has 1 aliphatic rings. The Labute approximate surface area is 98.3 Å². The van der Waals surface area contributed by atoms with Crippen molar-refractivity contribution in [2.45, 2.75) is 33.6 Å². The minimum absolute atomic E-state index is 0.141. The SMILES string of the molecule is CNCC1CCCN(OC(=O)C(C)(C)C)C1. The monoisotopic (exact) mass is 228 g/mol.